The molecule has 0 unspecified atom stereocenters. The van der Waals surface area contributed by atoms with E-state index in [-0.39, 0.29) is 5.91 Å². The fourth-order valence-corrected chi connectivity index (χ4v) is 2.31. The minimum absolute atomic E-state index is 0.00677. The molecule has 0 radical (unpaired) electrons. The second-order valence-corrected chi connectivity index (χ2v) is 5.28. The standard InChI is InChI=1S/C18H28N2O/c1-6-14(4)17-13-16(10-9-15(17)5)18(21)19-11-12-20(7-2)8-3/h6,9-10,13H,7-8,11-12H2,1-5H3,(H,19,21)/b14-6+. The summed E-state index contributed by atoms with van der Waals surface area (Å²) < 4.78 is 0. The van der Waals surface area contributed by atoms with Crippen LogP contribution in [0, 0.1) is 6.92 Å². The molecule has 0 aliphatic heterocycles. The number of aryl methyl sites for hydroxylation is 1. The van der Waals surface area contributed by atoms with Crippen molar-refractivity contribution in [2.24, 2.45) is 0 Å². The molecule has 0 bridgehead atoms. The summed E-state index contributed by atoms with van der Waals surface area (Å²) in [5, 5.41) is 3.00. The van der Waals surface area contributed by atoms with Crippen molar-refractivity contribution < 1.29 is 4.79 Å². The molecule has 116 valence electrons. The van der Waals surface area contributed by atoms with E-state index in [0.717, 1.165) is 30.8 Å². The largest absolute Gasteiger partial charge is 0.351 e. The number of carbonyl (C=O) groups is 1. The lowest BCUT2D eigenvalue weighted by Crippen LogP contribution is -2.34. The number of nitrogens with zero attached hydrogens (tertiary/aromatic N) is 1. The molecule has 0 heterocycles. The summed E-state index contributed by atoms with van der Waals surface area (Å²) in [5.74, 6) is 0.00677. The van der Waals surface area contributed by atoms with Gasteiger partial charge >= 0.3 is 0 Å². The van der Waals surface area contributed by atoms with Crippen LogP contribution in [0.4, 0.5) is 0 Å². The van der Waals surface area contributed by atoms with Crippen molar-refractivity contribution in [1.82, 2.24) is 10.2 Å². The Hall–Kier alpha value is -1.61. The molecule has 0 atom stereocenters. The fourth-order valence-electron chi connectivity index (χ4n) is 2.31. The van der Waals surface area contributed by atoms with Crippen LogP contribution in [0.2, 0.25) is 0 Å². The lowest BCUT2D eigenvalue weighted by Gasteiger charge is -2.18. The van der Waals surface area contributed by atoms with E-state index >= 15 is 0 Å². The summed E-state index contributed by atoms with van der Waals surface area (Å²) in [4.78, 5) is 14.5. The molecule has 1 aromatic rings. The first-order valence-electron chi connectivity index (χ1n) is 7.77. The Morgan fingerprint density at radius 2 is 1.95 bits per heavy atom. The molecule has 0 aromatic heterocycles. The van der Waals surface area contributed by atoms with Crippen LogP contribution in [0.15, 0.2) is 24.3 Å². The van der Waals surface area contributed by atoms with Crippen molar-refractivity contribution in [2.75, 3.05) is 26.2 Å². The molecule has 3 heteroatoms. The van der Waals surface area contributed by atoms with Gasteiger partial charge in [-0.1, -0.05) is 26.0 Å². The second-order valence-electron chi connectivity index (χ2n) is 5.28. The Morgan fingerprint density at radius 1 is 1.29 bits per heavy atom. The molecule has 0 spiro atoms. The fraction of sp³-hybridized carbons (Fsp3) is 0.500. The molecule has 0 fully saturated rings. The zero-order valence-electron chi connectivity index (χ0n) is 14.0. The minimum Gasteiger partial charge on any atom is -0.351 e. The van der Waals surface area contributed by atoms with E-state index in [1.165, 1.54) is 11.1 Å². The number of allylic oxidation sites excluding steroid dienone is 2. The average molecular weight is 288 g/mol. The van der Waals surface area contributed by atoms with Gasteiger partial charge in [0.2, 0.25) is 0 Å². The van der Waals surface area contributed by atoms with E-state index in [4.69, 9.17) is 0 Å². The summed E-state index contributed by atoms with van der Waals surface area (Å²) in [6.45, 7) is 14.1. The van der Waals surface area contributed by atoms with E-state index < -0.39 is 0 Å². The van der Waals surface area contributed by atoms with Crippen LogP contribution in [0.25, 0.3) is 5.57 Å². The van der Waals surface area contributed by atoms with E-state index in [0.29, 0.717) is 6.54 Å². The van der Waals surface area contributed by atoms with Gasteiger partial charge in [-0.25, -0.2) is 0 Å². The first-order valence-corrected chi connectivity index (χ1v) is 7.77. The molecule has 3 nitrogen and oxygen atoms in total. The van der Waals surface area contributed by atoms with Crippen LogP contribution < -0.4 is 5.32 Å². The molecule has 0 aliphatic carbocycles. The summed E-state index contributed by atoms with van der Waals surface area (Å²) in [5.41, 5.74) is 4.28. The second kappa shape index (κ2) is 8.63. The third-order valence-electron chi connectivity index (χ3n) is 3.97. The third-order valence-corrected chi connectivity index (χ3v) is 3.97. The zero-order valence-corrected chi connectivity index (χ0v) is 14.0. The predicted molar refractivity (Wildman–Crippen MR) is 90.6 cm³/mol. The normalized spacial score (nSPS) is 11.8. The van der Waals surface area contributed by atoms with Gasteiger partial charge in [0, 0.05) is 18.7 Å². The predicted octanol–water partition coefficient (Wildman–Crippen LogP) is 3.49. The summed E-state index contributed by atoms with van der Waals surface area (Å²) in [6, 6.07) is 5.90. The van der Waals surface area contributed by atoms with Crippen LogP contribution in [-0.2, 0) is 0 Å². The molecule has 0 saturated carbocycles. The first kappa shape index (κ1) is 17.4. The topological polar surface area (TPSA) is 32.3 Å². The summed E-state index contributed by atoms with van der Waals surface area (Å²) in [6.07, 6.45) is 2.07. The highest BCUT2D eigenvalue weighted by Gasteiger charge is 2.09. The lowest BCUT2D eigenvalue weighted by molar-refractivity contribution is 0.0949. The Bertz CT molecular complexity index is 502. The number of amides is 1. The summed E-state index contributed by atoms with van der Waals surface area (Å²) >= 11 is 0. The van der Waals surface area contributed by atoms with Gasteiger partial charge in [0.1, 0.15) is 0 Å². The summed E-state index contributed by atoms with van der Waals surface area (Å²) in [7, 11) is 0. The Labute approximate surface area is 129 Å². The quantitative estimate of drug-likeness (QED) is 0.833. The van der Waals surface area contributed by atoms with Crippen LogP contribution in [0.3, 0.4) is 0 Å². The van der Waals surface area contributed by atoms with Gasteiger partial charge in [-0.3, -0.25) is 4.79 Å². The highest BCUT2D eigenvalue weighted by Crippen LogP contribution is 2.19. The highest BCUT2D eigenvalue weighted by molar-refractivity contribution is 5.95. The zero-order chi connectivity index (χ0) is 15.8. The van der Waals surface area contributed by atoms with Crippen LogP contribution in [0.5, 0.6) is 0 Å². The highest BCUT2D eigenvalue weighted by atomic mass is 16.1. The van der Waals surface area contributed by atoms with Crippen molar-refractivity contribution in [1.29, 1.82) is 0 Å². The first-order chi connectivity index (χ1) is 10.0. The molecule has 1 rings (SSSR count). The van der Waals surface area contributed by atoms with Gasteiger partial charge < -0.3 is 10.2 Å². The van der Waals surface area contributed by atoms with Crippen LogP contribution in [0.1, 0.15) is 49.2 Å². The smallest absolute Gasteiger partial charge is 0.251 e. The monoisotopic (exact) mass is 288 g/mol. The number of nitrogens with one attached hydrogen (secondary N) is 1. The average Bonchev–Trinajstić information content (AvgIpc) is 2.51. The van der Waals surface area contributed by atoms with Crippen LogP contribution >= 0.6 is 0 Å². The number of carbonyl (C=O) groups excluding carboxylic acids is 1. The minimum atomic E-state index is 0.00677. The molecular weight excluding hydrogens is 260 g/mol. The van der Waals surface area contributed by atoms with Gasteiger partial charge in [0.25, 0.3) is 5.91 Å². The Morgan fingerprint density at radius 3 is 2.52 bits per heavy atom. The number of likely N-dealkylation sites (N-methyl/N-ethyl adjacent to an activating group) is 1. The van der Waals surface area contributed by atoms with E-state index in [1.807, 2.05) is 25.1 Å². The molecule has 21 heavy (non-hydrogen) atoms. The number of hydrogen-bond acceptors (Lipinski definition) is 2. The van der Waals surface area contributed by atoms with Crippen molar-refractivity contribution in [3.8, 4) is 0 Å². The van der Waals surface area contributed by atoms with Crippen molar-refractivity contribution >= 4 is 11.5 Å². The SMILES string of the molecule is C/C=C(\C)c1cc(C(=O)NCCN(CC)CC)ccc1C. The van der Waals surface area contributed by atoms with Crippen molar-refractivity contribution in [3.63, 3.8) is 0 Å². The number of hydrogen-bond donors (Lipinski definition) is 1. The molecule has 0 saturated heterocycles. The maximum absolute atomic E-state index is 12.2. The molecule has 1 N–H and O–H groups in total. The maximum Gasteiger partial charge on any atom is 0.251 e. The maximum atomic E-state index is 12.2. The Kier molecular flexibility index (Phi) is 7.17. The lowest BCUT2D eigenvalue weighted by atomic mass is 9.98. The molecule has 1 amide bonds. The number of benzene rings is 1. The van der Waals surface area contributed by atoms with E-state index in [2.05, 4.69) is 44.0 Å². The van der Waals surface area contributed by atoms with Gasteiger partial charge in [-0.15, -0.1) is 0 Å². The van der Waals surface area contributed by atoms with Crippen LogP contribution in [-0.4, -0.2) is 37.0 Å². The van der Waals surface area contributed by atoms with E-state index in [9.17, 15) is 4.79 Å². The van der Waals surface area contributed by atoms with Gasteiger partial charge in [0.05, 0.1) is 0 Å². The van der Waals surface area contributed by atoms with Crippen molar-refractivity contribution in [3.05, 3.63) is 41.0 Å². The van der Waals surface area contributed by atoms with Gasteiger partial charge in [0.15, 0.2) is 0 Å². The molecule has 0 aliphatic rings. The van der Waals surface area contributed by atoms with Crippen molar-refractivity contribution in [2.45, 2.75) is 34.6 Å². The van der Waals surface area contributed by atoms with Gasteiger partial charge in [-0.2, -0.15) is 0 Å². The third kappa shape index (κ3) is 5.01. The molecular formula is C18H28N2O. The Balaban J connectivity index is 2.71. The van der Waals surface area contributed by atoms with E-state index in [1.54, 1.807) is 0 Å². The van der Waals surface area contributed by atoms with Gasteiger partial charge in [-0.05, 0) is 62.7 Å². The number of rotatable bonds is 7. The molecule has 1 aromatic carbocycles.